The number of hydrogen-bond donors (Lipinski definition) is 0. The predicted octanol–water partition coefficient (Wildman–Crippen LogP) is 5.50. The van der Waals surface area contributed by atoms with Gasteiger partial charge in [-0.1, -0.05) is 35.9 Å². The van der Waals surface area contributed by atoms with Gasteiger partial charge in [0, 0.05) is 35.4 Å². The van der Waals surface area contributed by atoms with Gasteiger partial charge in [0.15, 0.2) is 11.5 Å². The molecule has 1 amide bonds. The van der Waals surface area contributed by atoms with Crippen molar-refractivity contribution in [1.29, 1.82) is 0 Å². The third-order valence-corrected chi connectivity index (χ3v) is 7.35. The van der Waals surface area contributed by atoms with Crippen LogP contribution in [0.15, 0.2) is 54.7 Å². The van der Waals surface area contributed by atoms with Crippen LogP contribution in [0.2, 0.25) is 5.02 Å². The molecule has 1 aromatic carbocycles. The van der Waals surface area contributed by atoms with Crippen LogP contribution >= 0.6 is 11.6 Å². The smallest absolute Gasteiger partial charge is 0.254 e. The molecule has 1 aliphatic carbocycles. The molecular formula is C27H26ClN5O. The Morgan fingerprint density at radius 2 is 1.94 bits per heavy atom. The first-order valence-electron chi connectivity index (χ1n) is 12.0. The zero-order chi connectivity index (χ0) is 23.2. The Kier molecular flexibility index (Phi) is 5.33. The van der Waals surface area contributed by atoms with Crippen LogP contribution in [0.25, 0.3) is 16.9 Å². The second-order valence-corrected chi connectivity index (χ2v) is 9.75. The van der Waals surface area contributed by atoms with Gasteiger partial charge in [-0.2, -0.15) is 9.78 Å². The third-order valence-electron chi connectivity index (χ3n) is 6.98. The van der Waals surface area contributed by atoms with Gasteiger partial charge in [-0.05, 0) is 68.9 Å². The Morgan fingerprint density at radius 3 is 2.71 bits per heavy atom. The molecule has 7 heteroatoms. The molecule has 0 N–H and O–H groups in total. The highest BCUT2D eigenvalue weighted by Crippen LogP contribution is 2.41. The molecule has 1 aliphatic heterocycles. The molecule has 4 heterocycles. The number of aromatic nitrogens is 4. The van der Waals surface area contributed by atoms with Crippen molar-refractivity contribution in [2.45, 2.75) is 51.0 Å². The fourth-order valence-corrected chi connectivity index (χ4v) is 5.30. The molecule has 2 fully saturated rings. The third kappa shape index (κ3) is 3.76. The van der Waals surface area contributed by atoms with Crippen molar-refractivity contribution in [3.05, 3.63) is 82.3 Å². The molecule has 0 bridgehead atoms. The first kappa shape index (κ1) is 21.3. The Morgan fingerprint density at radius 1 is 1.12 bits per heavy atom. The highest BCUT2D eigenvalue weighted by Gasteiger charge is 2.34. The molecule has 1 saturated heterocycles. The van der Waals surface area contributed by atoms with E-state index >= 15 is 0 Å². The summed E-state index contributed by atoms with van der Waals surface area (Å²) in [6.45, 7) is 2.70. The molecule has 0 radical (unpaired) electrons. The van der Waals surface area contributed by atoms with E-state index in [4.69, 9.17) is 21.7 Å². The van der Waals surface area contributed by atoms with Gasteiger partial charge in [0.25, 0.3) is 5.91 Å². The van der Waals surface area contributed by atoms with Crippen LogP contribution < -0.4 is 0 Å². The van der Waals surface area contributed by atoms with Crippen LogP contribution in [-0.2, 0) is 6.42 Å². The Bertz CT molecular complexity index is 1380. The average Bonchev–Trinajstić information content (AvgIpc) is 3.52. The van der Waals surface area contributed by atoms with Gasteiger partial charge in [-0.3, -0.25) is 4.79 Å². The molecule has 1 atom stereocenters. The minimum atomic E-state index is 0.0625. The minimum absolute atomic E-state index is 0.0625. The van der Waals surface area contributed by atoms with E-state index in [1.165, 1.54) is 0 Å². The molecule has 34 heavy (non-hydrogen) atoms. The van der Waals surface area contributed by atoms with Crippen molar-refractivity contribution in [1.82, 2.24) is 24.6 Å². The SMILES string of the molecule is Cc1nn(-c2ccccn2)c2nc(C3CC3)cc(C(=O)N3CCCC3Cc3ccccc3Cl)c12. The van der Waals surface area contributed by atoms with E-state index in [9.17, 15) is 4.79 Å². The van der Waals surface area contributed by atoms with Gasteiger partial charge in [0.1, 0.15) is 0 Å². The lowest BCUT2D eigenvalue weighted by molar-refractivity contribution is 0.0738. The maximum atomic E-state index is 14.1. The maximum Gasteiger partial charge on any atom is 0.254 e. The fourth-order valence-electron chi connectivity index (χ4n) is 5.09. The van der Waals surface area contributed by atoms with E-state index in [1.54, 1.807) is 10.9 Å². The zero-order valence-corrected chi connectivity index (χ0v) is 19.9. The summed E-state index contributed by atoms with van der Waals surface area (Å²) in [5.41, 5.74) is 4.28. The van der Waals surface area contributed by atoms with E-state index in [2.05, 4.69) is 11.1 Å². The van der Waals surface area contributed by atoms with Gasteiger partial charge in [-0.15, -0.1) is 0 Å². The van der Waals surface area contributed by atoms with E-state index in [-0.39, 0.29) is 11.9 Å². The van der Waals surface area contributed by atoms with Crippen molar-refractivity contribution in [2.24, 2.45) is 0 Å². The van der Waals surface area contributed by atoms with Gasteiger partial charge >= 0.3 is 0 Å². The standard InChI is InChI=1S/C27H26ClN5O/c1-17-25-21(27(34)32-14-6-8-20(32)15-19-7-2-3-9-22(19)28)16-23(18-11-12-18)30-26(25)33(31-17)24-10-4-5-13-29-24/h2-5,7,9-10,13,16,18,20H,6,8,11-12,14-15H2,1H3. The van der Waals surface area contributed by atoms with Crippen LogP contribution in [-0.4, -0.2) is 43.1 Å². The summed E-state index contributed by atoms with van der Waals surface area (Å²) in [6, 6.07) is 15.8. The highest BCUT2D eigenvalue weighted by molar-refractivity contribution is 6.31. The highest BCUT2D eigenvalue weighted by atomic mass is 35.5. The quantitative estimate of drug-likeness (QED) is 0.385. The molecule has 2 aliphatic rings. The number of nitrogens with zero attached hydrogens (tertiary/aromatic N) is 5. The maximum absolute atomic E-state index is 14.1. The minimum Gasteiger partial charge on any atom is -0.335 e. The molecule has 1 saturated carbocycles. The van der Waals surface area contributed by atoms with Gasteiger partial charge in [0.2, 0.25) is 0 Å². The van der Waals surface area contributed by atoms with Crippen molar-refractivity contribution in [3.8, 4) is 5.82 Å². The van der Waals surface area contributed by atoms with E-state index in [0.29, 0.717) is 22.9 Å². The average molecular weight is 472 g/mol. The number of carbonyl (C=O) groups is 1. The number of fused-ring (bicyclic) bond motifs is 1. The van der Waals surface area contributed by atoms with Crippen LogP contribution in [0.3, 0.4) is 0 Å². The largest absolute Gasteiger partial charge is 0.335 e. The van der Waals surface area contributed by atoms with E-state index < -0.39 is 0 Å². The molecule has 6 rings (SSSR count). The lowest BCUT2D eigenvalue weighted by Gasteiger charge is -2.26. The molecule has 0 spiro atoms. The van der Waals surface area contributed by atoms with Crippen LogP contribution in [0.1, 0.15) is 58.9 Å². The number of hydrogen-bond acceptors (Lipinski definition) is 4. The Hall–Kier alpha value is -3.25. The van der Waals surface area contributed by atoms with Gasteiger partial charge < -0.3 is 4.90 Å². The van der Waals surface area contributed by atoms with Crippen molar-refractivity contribution >= 4 is 28.5 Å². The van der Waals surface area contributed by atoms with Gasteiger partial charge in [0.05, 0.1) is 16.6 Å². The Balaban J connectivity index is 1.43. The van der Waals surface area contributed by atoms with Crippen molar-refractivity contribution in [2.75, 3.05) is 6.54 Å². The molecule has 3 aromatic heterocycles. The van der Waals surface area contributed by atoms with Crippen LogP contribution in [0, 0.1) is 6.92 Å². The van der Waals surface area contributed by atoms with Gasteiger partial charge in [-0.25, -0.2) is 9.97 Å². The lowest BCUT2D eigenvalue weighted by Crippen LogP contribution is -2.37. The predicted molar refractivity (Wildman–Crippen MR) is 133 cm³/mol. The summed E-state index contributed by atoms with van der Waals surface area (Å²) in [5.74, 6) is 1.19. The first-order valence-corrected chi connectivity index (χ1v) is 12.3. The monoisotopic (exact) mass is 471 g/mol. The first-order chi connectivity index (χ1) is 16.6. The number of carbonyl (C=O) groups excluding carboxylic acids is 1. The fraction of sp³-hybridized carbons (Fsp3) is 0.333. The summed E-state index contributed by atoms with van der Waals surface area (Å²) in [4.78, 5) is 25.5. The normalized spacial score (nSPS) is 18.1. The second-order valence-electron chi connectivity index (χ2n) is 9.34. The molecule has 4 aromatic rings. The number of aryl methyl sites for hydroxylation is 1. The van der Waals surface area contributed by atoms with Crippen LogP contribution in [0.5, 0.6) is 0 Å². The topological polar surface area (TPSA) is 63.9 Å². The van der Waals surface area contributed by atoms with Crippen LogP contribution in [0.4, 0.5) is 0 Å². The number of benzene rings is 1. The van der Waals surface area contributed by atoms with Crippen molar-refractivity contribution in [3.63, 3.8) is 0 Å². The lowest BCUT2D eigenvalue weighted by atomic mass is 10.0. The molecule has 172 valence electrons. The van der Waals surface area contributed by atoms with E-state index in [1.807, 2.05) is 54.3 Å². The second kappa shape index (κ2) is 8.51. The number of pyridine rings is 2. The summed E-state index contributed by atoms with van der Waals surface area (Å²) >= 11 is 6.44. The molecular weight excluding hydrogens is 446 g/mol. The summed E-state index contributed by atoms with van der Waals surface area (Å²) in [7, 11) is 0. The number of rotatable bonds is 5. The zero-order valence-electron chi connectivity index (χ0n) is 19.1. The summed E-state index contributed by atoms with van der Waals surface area (Å²) in [6.07, 6.45) is 6.72. The Labute approximate surface area is 203 Å². The number of likely N-dealkylation sites (tertiary alicyclic amines) is 1. The number of halogens is 1. The molecule has 6 nitrogen and oxygen atoms in total. The van der Waals surface area contributed by atoms with Crippen molar-refractivity contribution < 1.29 is 4.79 Å². The summed E-state index contributed by atoms with van der Waals surface area (Å²) < 4.78 is 1.78. The van der Waals surface area contributed by atoms with E-state index in [0.717, 1.165) is 66.0 Å². The molecule has 1 unspecified atom stereocenters. The number of amides is 1. The summed E-state index contributed by atoms with van der Waals surface area (Å²) in [5, 5.41) is 6.34.